The molecule has 8 heteroatoms. The van der Waals surface area contributed by atoms with Crippen LogP contribution < -0.4 is 4.90 Å². The Hall–Kier alpha value is -2.02. The van der Waals surface area contributed by atoms with Crippen LogP contribution in [0.2, 0.25) is 5.02 Å². The Balaban J connectivity index is 1.75. The summed E-state index contributed by atoms with van der Waals surface area (Å²) in [7, 11) is 3.33. The fourth-order valence-corrected chi connectivity index (χ4v) is 3.10. The third-order valence-corrected chi connectivity index (χ3v) is 4.53. The van der Waals surface area contributed by atoms with E-state index < -0.39 is 11.7 Å². The molecule has 1 aromatic carbocycles. The summed E-state index contributed by atoms with van der Waals surface area (Å²) < 4.78 is 39.7. The molecule has 1 saturated carbocycles. The highest BCUT2D eigenvalue weighted by molar-refractivity contribution is 6.34. The zero-order chi connectivity index (χ0) is 17.6. The normalized spacial score (nSPS) is 20.1. The maximum Gasteiger partial charge on any atom is 0.416 e. The number of hydrogen-bond acceptors (Lipinski definition) is 2. The summed E-state index contributed by atoms with van der Waals surface area (Å²) in [5, 5.41) is 3.99. The third-order valence-electron chi connectivity index (χ3n) is 4.23. The van der Waals surface area contributed by atoms with E-state index in [2.05, 4.69) is 5.10 Å². The standard InChI is InChI=1S/C16H15ClF3N3O/c1-22-8-9(7-21-22)11-6-12(11)15(24)23(2)14-4-3-10(5-13(14)17)16(18,19)20/h3-5,7-8,11-12H,6H2,1-2H3/t11-,12+/m0/s1. The van der Waals surface area contributed by atoms with E-state index in [1.807, 2.05) is 6.20 Å². The van der Waals surface area contributed by atoms with Crippen LogP contribution in [0.1, 0.15) is 23.5 Å². The van der Waals surface area contributed by atoms with Gasteiger partial charge >= 0.3 is 6.18 Å². The Morgan fingerprint density at radius 3 is 2.67 bits per heavy atom. The molecular formula is C16H15ClF3N3O. The van der Waals surface area contributed by atoms with Gasteiger partial charge in [-0.1, -0.05) is 11.6 Å². The molecule has 1 aromatic heterocycles. The Morgan fingerprint density at radius 2 is 2.12 bits per heavy atom. The third kappa shape index (κ3) is 3.13. The van der Waals surface area contributed by atoms with Crippen molar-refractivity contribution in [1.82, 2.24) is 9.78 Å². The van der Waals surface area contributed by atoms with E-state index in [1.54, 1.807) is 17.9 Å². The van der Waals surface area contributed by atoms with Gasteiger partial charge in [0.2, 0.25) is 5.91 Å². The molecule has 1 fully saturated rings. The van der Waals surface area contributed by atoms with Gasteiger partial charge in [0, 0.05) is 26.2 Å². The van der Waals surface area contributed by atoms with Gasteiger partial charge in [-0.15, -0.1) is 0 Å². The average molecular weight is 358 g/mol. The van der Waals surface area contributed by atoms with Crippen molar-refractivity contribution in [1.29, 1.82) is 0 Å². The van der Waals surface area contributed by atoms with Crippen LogP contribution in [-0.4, -0.2) is 22.7 Å². The molecule has 1 heterocycles. The van der Waals surface area contributed by atoms with Crippen LogP contribution in [0.25, 0.3) is 0 Å². The first-order valence-electron chi connectivity index (χ1n) is 7.31. The SMILES string of the molecule is CN(C(=O)[C@@H]1C[C@H]1c1cnn(C)c1)c1ccc(C(F)(F)F)cc1Cl. The van der Waals surface area contributed by atoms with Crippen molar-refractivity contribution in [2.24, 2.45) is 13.0 Å². The molecule has 0 aliphatic heterocycles. The molecule has 24 heavy (non-hydrogen) atoms. The van der Waals surface area contributed by atoms with E-state index >= 15 is 0 Å². The van der Waals surface area contributed by atoms with Gasteiger partial charge in [0.25, 0.3) is 0 Å². The predicted octanol–water partition coefficient (Wildman–Crippen LogP) is 3.86. The Morgan fingerprint density at radius 1 is 1.42 bits per heavy atom. The fraction of sp³-hybridized carbons (Fsp3) is 0.375. The van der Waals surface area contributed by atoms with Gasteiger partial charge in [0.1, 0.15) is 0 Å². The molecule has 0 bridgehead atoms. The fourth-order valence-electron chi connectivity index (χ4n) is 2.79. The summed E-state index contributed by atoms with van der Waals surface area (Å²) in [6.07, 6.45) is -0.175. The van der Waals surface area contributed by atoms with Crippen molar-refractivity contribution in [3.05, 3.63) is 46.7 Å². The lowest BCUT2D eigenvalue weighted by atomic mass is 10.1. The molecular weight excluding hydrogens is 343 g/mol. The van der Waals surface area contributed by atoms with Crippen LogP contribution in [0.3, 0.4) is 0 Å². The highest BCUT2D eigenvalue weighted by Crippen LogP contribution is 2.49. The van der Waals surface area contributed by atoms with Gasteiger partial charge in [-0.05, 0) is 36.1 Å². The summed E-state index contributed by atoms with van der Waals surface area (Å²) in [4.78, 5) is 13.9. The molecule has 1 aliphatic rings. The van der Waals surface area contributed by atoms with E-state index in [-0.39, 0.29) is 28.5 Å². The van der Waals surface area contributed by atoms with Crippen LogP contribution in [0, 0.1) is 5.92 Å². The van der Waals surface area contributed by atoms with Gasteiger partial charge in [0.05, 0.1) is 22.5 Å². The lowest BCUT2D eigenvalue weighted by Gasteiger charge is -2.20. The predicted molar refractivity (Wildman–Crippen MR) is 83.9 cm³/mol. The first kappa shape index (κ1) is 16.8. The summed E-state index contributed by atoms with van der Waals surface area (Å²) in [5.41, 5.74) is 0.422. The Bertz CT molecular complexity index is 787. The second kappa shape index (κ2) is 5.81. The van der Waals surface area contributed by atoms with Crippen LogP contribution in [0.15, 0.2) is 30.6 Å². The van der Waals surface area contributed by atoms with E-state index in [4.69, 9.17) is 11.6 Å². The van der Waals surface area contributed by atoms with Crippen molar-refractivity contribution in [3.8, 4) is 0 Å². The number of anilines is 1. The van der Waals surface area contributed by atoms with Crippen LogP contribution >= 0.6 is 11.6 Å². The summed E-state index contributed by atoms with van der Waals surface area (Å²) >= 11 is 5.95. The molecule has 128 valence electrons. The average Bonchev–Trinajstić information content (AvgIpc) is 3.19. The number of nitrogens with zero attached hydrogens (tertiary/aromatic N) is 3. The minimum Gasteiger partial charge on any atom is -0.314 e. The number of rotatable bonds is 3. The number of carbonyl (C=O) groups excluding carboxylic acids is 1. The first-order valence-corrected chi connectivity index (χ1v) is 7.69. The molecule has 2 aromatic rings. The number of amides is 1. The van der Waals surface area contributed by atoms with Gasteiger partial charge in [-0.2, -0.15) is 18.3 Å². The largest absolute Gasteiger partial charge is 0.416 e. The molecule has 4 nitrogen and oxygen atoms in total. The zero-order valence-electron chi connectivity index (χ0n) is 13.0. The van der Waals surface area contributed by atoms with E-state index in [0.717, 1.165) is 17.7 Å². The van der Waals surface area contributed by atoms with Crippen molar-refractivity contribution in [2.45, 2.75) is 18.5 Å². The first-order chi connectivity index (χ1) is 11.2. The lowest BCUT2D eigenvalue weighted by molar-refractivity contribution is -0.137. The van der Waals surface area contributed by atoms with Crippen molar-refractivity contribution in [3.63, 3.8) is 0 Å². The van der Waals surface area contributed by atoms with Gasteiger partial charge < -0.3 is 4.90 Å². The summed E-state index contributed by atoms with van der Waals surface area (Å²) in [6.45, 7) is 0. The van der Waals surface area contributed by atoms with Gasteiger partial charge in [-0.25, -0.2) is 0 Å². The molecule has 2 atom stereocenters. The second-order valence-electron chi connectivity index (χ2n) is 5.96. The molecule has 0 radical (unpaired) electrons. The van der Waals surface area contributed by atoms with E-state index in [9.17, 15) is 18.0 Å². The summed E-state index contributed by atoms with van der Waals surface area (Å²) in [6, 6.07) is 2.99. The number of aryl methyl sites for hydroxylation is 1. The smallest absolute Gasteiger partial charge is 0.314 e. The highest BCUT2D eigenvalue weighted by atomic mass is 35.5. The van der Waals surface area contributed by atoms with Crippen molar-refractivity contribution in [2.75, 3.05) is 11.9 Å². The number of carbonyl (C=O) groups is 1. The lowest BCUT2D eigenvalue weighted by Crippen LogP contribution is -2.28. The highest BCUT2D eigenvalue weighted by Gasteiger charge is 2.46. The maximum absolute atomic E-state index is 12.7. The number of aromatic nitrogens is 2. The van der Waals surface area contributed by atoms with Gasteiger partial charge in [-0.3, -0.25) is 9.48 Å². The minimum absolute atomic E-state index is 0.0979. The van der Waals surface area contributed by atoms with Crippen LogP contribution in [0.4, 0.5) is 18.9 Å². The molecule has 3 rings (SSSR count). The van der Waals surface area contributed by atoms with Crippen molar-refractivity contribution >= 4 is 23.2 Å². The summed E-state index contributed by atoms with van der Waals surface area (Å²) in [5.74, 6) is -0.259. The van der Waals surface area contributed by atoms with E-state index in [1.165, 1.54) is 18.0 Å². The number of alkyl halides is 3. The number of hydrogen-bond donors (Lipinski definition) is 0. The Kier molecular flexibility index (Phi) is 4.07. The quantitative estimate of drug-likeness (QED) is 0.836. The monoisotopic (exact) mass is 357 g/mol. The van der Waals surface area contributed by atoms with Crippen LogP contribution in [0.5, 0.6) is 0 Å². The number of halogens is 4. The molecule has 0 N–H and O–H groups in total. The zero-order valence-corrected chi connectivity index (χ0v) is 13.8. The molecule has 1 amide bonds. The second-order valence-corrected chi connectivity index (χ2v) is 6.36. The van der Waals surface area contributed by atoms with Crippen LogP contribution in [-0.2, 0) is 18.0 Å². The molecule has 0 unspecified atom stereocenters. The molecule has 1 aliphatic carbocycles. The van der Waals surface area contributed by atoms with E-state index in [0.29, 0.717) is 6.42 Å². The molecule has 0 spiro atoms. The minimum atomic E-state index is -4.47. The van der Waals surface area contributed by atoms with Gasteiger partial charge in [0.15, 0.2) is 0 Å². The Labute approximate surface area is 141 Å². The maximum atomic E-state index is 12.7. The molecule has 0 saturated heterocycles. The van der Waals surface area contributed by atoms with Crippen molar-refractivity contribution < 1.29 is 18.0 Å². The number of benzene rings is 1. The topological polar surface area (TPSA) is 38.1 Å².